The molecule has 1 aromatic rings. The molecule has 0 radical (unpaired) electrons. The highest BCUT2D eigenvalue weighted by Gasteiger charge is 2.29. The first-order valence-electron chi connectivity index (χ1n) is 6.66. The molecular weight excluding hydrogens is 214 g/mol. The molecule has 1 saturated carbocycles. The molecule has 1 aliphatic rings. The molecule has 0 saturated heterocycles. The predicted octanol–water partition coefficient (Wildman–Crippen LogP) is 3.85. The lowest BCUT2D eigenvalue weighted by atomic mass is 10.0. The lowest BCUT2D eigenvalue weighted by Gasteiger charge is -2.16. The topological polar surface area (TPSA) is 12.0 Å². The molecule has 16 heavy (non-hydrogen) atoms. The quantitative estimate of drug-likeness (QED) is 0.677. The Balaban J connectivity index is 1.59. The average Bonchev–Trinajstić information content (AvgIpc) is 3.01. The molecule has 90 valence electrons. The van der Waals surface area contributed by atoms with Crippen LogP contribution in [0.5, 0.6) is 0 Å². The van der Waals surface area contributed by atoms with Gasteiger partial charge < -0.3 is 5.32 Å². The largest absolute Gasteiger partial charge is 0.314 e. The standard InChI is InChI=1S/C14H23NS/c1-2-15-14(12-9-10-12)8-4-3-6-13-7-5-11-16-13/h5,7,11-12,14-15H,2-4,6,8-10H2,1H3. The van der Waals surface area contributed by atoms with Crippen LogP contribution >= 0.6 is 11.3 Å². The highest BCUT2D eigenvalue weighted by Crippen LogP contribution is 2.34. The maximum absolute atomic E-state index is 3.64. The monoisotopic (exact) mass is 237 g/mol. The smallest absolute Gasteiger partial charge is 0.00952 e. The van der Waals surface area contributed by atoms with Crippen molar-refractivity contribution < 1.29 is 0 Å². The second kappa shape index (κ2) is 6.41. The lowest BCUT2D eigenvalue weighted by molar-refractivity contribution is 0.429. The van der Waals surface area contributed by atoms with Crippen molar-refractivity contribution in [2.45, 2.75) is 51.5 Å². The van der Waals surface area contributed by atoms with Gasteiger partial charge in [0, 0.05) is 10.9 Å². The Morgan fingerprint density at radius 1 is 1.44 bits per heavy atom. The van der Waals surface area contributed by atoms with E-state index in [1.165, 1.54) is 38.5 Å². The number of aryl methyl sites for hydroxylation is 1. The fourth-order valence-electron chi connectivity index (χ4n) is 2.38. The van der Waals surface area contributed by atoms with Crippen LogP contribution in [-0.4, -0.2) is 12.6 Å². The Bertz CT molecular complexity index is 277. The first-order valence-corrected chi connectivity index (χ1v) is 7.54. The minimum atomic E-state index is 0.813. The van der Waals surface area contributed by atoms with E-state index in [2.05, 4.69) is 29.8 Å². The van der Waals surface area contributed by atoms with Gasteiger partial charge in [0.05, 0.1) is 0 Å². The fraction of sp³-hybridized carbons (Fsp3) is 0.714. The summed E-state index contributed by atoms with van der Waals surface area (Å²) >= 11 is 1.90. The van der Waals surface area contributed by atoms with Crippen molar-refractivity contribution in [3.8, 4) is 0 Å². The number of hydrogen-bond acceptors (Lipinski definition) is 2. The van der Waals surface area contributed by atoms with Gasteiger partial charge >= 0.3 is 0 Å². The third-order valence-electron chi connectivity index (χ3n) is 3.43. The third-order valence-corrected chi connectivity index (χ3v) is 4.36. The molecule has 1 unspecified atom stereocenters. The summed E-state index contributed by atoms with van der Waals surface area (Å²) in [5.41, 5.74) is 0. The molecule has 1 N–H and O–H groups in total. The van der Waals surface area contributed by atoms with Crippen LogP contribution in [0.2, 0.25) is 0 Å². The normalized spacial score (nSPS) is 17.6. The van der Waals surface area contributed by atoms with Gasteiger partial charge in [-0.05, 0) is 56.0 Å². The Morgan fingerprint density at radius 3 is 2.94 bits per heavy atom. The molecule has 1 fully saturated rings. The number of nitrogens with one attached hydrogen (secondary N) is 1. The first kappa shape index (κ1) is 12.1. The highest BCUT2D eigenvalue weighted by atomic mass is 32.1. The summed E-state index contributed by atoms with van der Waals surface area (Å²) in [6.45, 7) is 3.35. The van der Waals surface area contributed by atoms with Gasteiger partial charge in [0.15, 0.2) is 0 Å². The van der Waals surface area contributed by atoms with E-state index in [1.54, 1.807) is 4.88 Å². The average molecular weight is 237 g/mol. The zero-order valence-electron chi connectivity index (χ0n) is 10.2. The molecule has 0 spiro atoms. The van der Waals surface area contributed by atoms with Crippen LogP contribution < -0.4 is 5.32 Å². The minimum Gasteiger partial charge on any atom is -0.314 e. The minimum absolute atomic E-state index is 0.813. The van der Waals surface area contributed by atoms with Crippen LogP contribution in [0.25, 0.3) is 0 Å². The van der Waals surface area contributed by atoms with Gasteiger partial charge in [-0.15, -0.1) is 11.3 Å². The van der Waals surface area contributed by atoms with E-state index >= 15 is 0 Å². The molecule has 0 bridgehead atoms. The fourth-order valence-corrected chi connectivity index (χ4v) is 3.13. The Kier molecular flexibility index (Phi) is 4.86. The van der Waals surface area contributed by atoms with E-state index in [0.717, 1.165) is 18.5 Å². The van der Waals surface area contributed by atoms with E-state index in [1.807, 2.05) is 11.3 Å². The summed E-state index contributed by atoms with van der Waals surface area (Å²) in [6, 6.07) is 5.23. The summed E-state index contributed by atoms with van der Waals surface area (Å²) in [4.78, 5) is 1.55. The molecule has 0 aliphatic heterocycles. The van der Waals surface area contributed by atoms with Gasteiger partial charge in [0.2, 0.25) is 0 Å². The Morgan fingerprint density at radius 2 is 2.31 bits per heavy atom. The van der Waals surface area contributed by atoms with Crippen LogP contribution in [-0.2, 0) is 6.42 Å². The number of rotatable bonds is 8. The molecule has 0 aromatic carbocycles. The molecule has 1 atom stereocenters. The van der Waals surface area contributed by atoms with Crippen molar-refractivity contribution in [1.29, 1.82) is 0 Å². The highest BCUT2D eigenvalue weighted by molar-refractivity contribution is 7.09. The van der Waals surface area contributed by atoms with Crippen molar-refractivity contribution in [3.63, 3.8) is 0 Å². The maximum Gasteiger partial charge on any atom is 0.00952 e. The van der Waals surface area contributed by atoms with Gasteiger partial charge in [-0.2, -0.15) is 0 Å². The predicted molar refractivity (Wildman–Crippen MR) is 72.1 cm³/mol. The van der Waals surface area contributed by atoms with Crippen LogP contribution in [0.1, 0.15) is 43.9 Å². The Labute approximate surface area is 103 Å². The number of thiophene rings is 1. The lowest BCUT2D eigenvalue weighted by Crippen LogP contribution is -2.30. The van der Waals surface area contributed by atoms with Gasteiger partial charge in [-0.25, -0.2) is 0 Å². The first-order chi connectivity index (χ1) is 7.90. The van der Waals surface area contributed by atoms with E-state index < -0.39 is 0 Å². The van der Waals surface area contributed by atoms with Gasteiger partial charge in [-0.1, -0.05) is 19.4 Å². The summed E-state index contributed by atoms with van der Waals surface area (Å²) in [5, 5.41) is 5.82. The maximum atomic E-state index is 3.64. The zero-order chi connectivity index (χ0) is 11.2. The molecule has 0 amide bonds. The molecule has 2 rings (SSSR count). The second-order valence-electron chi connectivity index (χ2n) is 4.83. The van der Waals surface area contributed by atoms with Gasteiger partial charge in [0.25, 0.3) is 0 Å². The summed E-state index contributed by atoms with van der Waals surface area (Å²) in [5.74, 6) is 1.00. The van der Waals surface area contributed by atoms with E-state index in [-0.39, 0.29) is 0 Å². The summed E-state index contributed by atoms with van der Waals surface area (Å²) in [6.07, 6.45) is 8.32. The van der Waals surface area contributed by atoms with Crippen molar-refractivity contribution in [2.24, 2.45) is 5.92 Å². The summed E-state index contributed by atoms with van der Waals surface area (Å²) in [7, 11) is 0. The van der Waals surface area contributed by atoms with Crippen molar-refractivity contribution >= 4 is 11.3 Å². The van der Waals surface area contributed by atoms with Gasteiger partial charge in [0.1, 0.15) is 0 Å². The Hall–Kier alpha value is -0.340. The number of hydrogen-bond donors (Lipinski definition) is 1. The molecule has 1 nitrogen and oxygen atoms in total. The van der Waals surface area contributed by atoms with Gasteiger partial charge in [-0.3, -0.25) is 0 Å². The van der Waals surface area contributed by atoms with E-state index in [4.69, 9.17) is 0 Å². The van der Waals surface area contributed by atoms with E-state index in [9.17, 15) is 0 Å². The molecular formula is C14H23NS. The molecule has 1 aliphatic carbocycles. The van der Waals surface area contributed by atoms with Crippen LogP contribution in [0.15, 0.2) is 17.5 Å². The third kappa shape index (κ3) is 3.91. The summed E-state index contributed by atoms with van der Waals surface area (Å²) < 4.78 is 0. The van der Waals surface area contributed by atoms with Crippen LogP contribution in [0.4, 0.5) is 0 Å². The van der Waals surface area contributed by atoms with Crippen molar-refractivity contribution in [2.75, 3.05) is 6.54 Å². The van der Waals surface area contributed by atoms with E-state index in [0.29, 0.717) is 0 Å². The number of unbranched alkanes of at least 4 members (excludes halogenated alkanes) is 1. The molecule has 1 heterocycles. The van der Waals surface area contributed by atoms with Crippen LogP contribution in [0, 0.1) is 5.92 Å². The van der Waals surface area contributed by atoms with Crippen LogP contribution in [0.3, 0.4) is 0 Å². The van der Waals surface area contributed by atoms with Crippen molar-refractivity contribution in [1.82, 2.24) is 5.32 Å². The SMILES string of the molecule is CCNC(CCCCc1cccs1)C1CC1. The molecule has 1 aromatic heterocycles. The zero-order valence-corrected chi connectivity index (χ0v) is 11.1. The second-order valence-corrected chi connectivity index (χ2v) is 5.86. The van der Waals surface area contributed by atoms with Crippen molar-refractivity contribution in [3.05, 3.63) is 22.4 Å². The molecule has 2 heteroatoms.